The first-order valence-corrected chi connectivity index (χ1v) is 8.92. The van der Waals surface area contributed by atoms with Gasteiger partial charge in [0.1, 0.15) is 16.8 Å². The number of nitrogens with zero attached hydrogens (tertiary/aromatic N) is 2. The molecule has 8 heteroatoms. The van der Waals surface area contributed by atoms with Crippen molar-refractivity contribution in [2.24, 2.45) is 5.73 Å². The summed E-state index contributed by atoms with van der Waals surface area (Å²) in [5.74, 6) is -0.655. The molecule has 0 atom stereocenters. The number of carbonyl (C=O) groups is 1. The zero-order valence-corrected chi connectivity index (χ0v) is 15.9. The van der Waals surface area contributed by atoms with Gasteiger partial charge in [-0.25, -0.2) is 9.07 Å². The summed E-state index contributed by atoms with van der Waals surface area (Å²) in [7, 11) is 0. The Bertz CT molecular complexity index is 1010. The van der Waals surface area contributed by atoms with E-state index in [1.807, 2.05) is 0 Å². The van der Waals surface area contributed by atoms with Crippen LogP contribution in [-0.4, -0.2) is 21.5 Å². The molecule has 0 aliphatic carbocycles. The van der Waals surface area contributed by atoms with E-state index in [0.717, 1.165) is 11.1 Å². The van der Waals surface area contributed by atoms with E-state index < -0.39 is 0 Å². The molecule has 3 rings (SSSR count). The molecule has 0 aliphatic rings. The van der Waals surface area contributed by atoms with Crippen molar-refractivity contribution in [1.82, 2.24) is 15.1 Å². The zero-order chi connectivity index (χ0) is 20.3. The van der Waals surface area contributed by atoms with Gasteiger partial charge in [-0.3, -0.25) is 10.2 Å². The number of nitrogens with one attached hydrogen (secondary N) is 2. The van der Waals surface area contributed by atoms with E-state index in [-0.39, 0.29) is 22.7 Å². The van der Waals surface area contributed by atoms with Gasteiger partial charge in [0.15, 0.2) is 0 Å². The Morgan fingerprint density at radius 1 is 1.18 bits per heavy atom. The molecule has 4 N–H and O–H groups in total. The topological polar surface area (TPSA) is 96.8 Å². The van der Waals surface area contributed by atoms with Gasteiger partial charge in [-0.2, -0.15) is 5.10 Å². The molecule has 0 spiro atoms. The van der Waals surface area contributed by atoms with E-state index in [2.05, 4.69) is 10.4 Å². The van der Waals surface area contributed by atoms with Gasteiger partial charge in [-0.1, -0.05) is 48.0 Å². The van der Waals surface area contributed by atoms with Crippen LogP contribution in [-0.2, 0) is 13.1 Å². The summed E-state index contributed by atoms with van der Waals surface area (Å²) < 4.78 is 14.6. The molecule has 0 saturated heterocycles. The lowest BCUT2D eigenvalue weighted by molar-refractivity contribution is 0.0950. The molecule has 0 radical (unpaired) electrons. The molecule has 0 fully saturated rings. The molecule has 6 nitrogen and oxygen atoms in total. The summed E-state index contributed by atoms with van der Waals surface area (Å²) in [6.07, 6.45) is 0. The number of carbonyl (C=O) groups excluding carboxylic acids is 1. The standard InChI is InChI=1S/C20H19ClFN5O/c1-12-17(18(21)27(26-12)11-14-4-8-16(22)9-5-14)20(28)25-10-13-2-6-15(7-3-13)19(23)24/h2-9H,10-11H2,1H3,(H3,23,24)(H,25,28). The Balaban J connectivity index is 1.70. The number of halogens is 2. The number of benzene rings is 2. The second kappa shape index (κ2) is 8.22. The minimum Gasteiger partial charge on any atom is -0.384 e. The summed E-state index contributed by atoms with van der Waals surface area (Å²) in [5, 5.41) is 14.8. The number of amidine groups is 1. The number of aromatic nitrogens is 2. The minimum atomic E-state index is -0.330. The molecule has 2 aromatic carbocycles. The lowest BCUT2D eigenvalue weighted by Gasteiger charge is -2.07. The van der Waals surface area contributed by atoms with Crippen molar-refractivity contribution in [3.63, 3.8) is 0 Å². The third kappa shape index (κ3) is 4.37. The molecule has 1 heterocycles. The van der Waals surface area contributed by atoms with Gasteiger partial charge in [-0.15, -0.1) is 0 Å². The van der Waals surface area contributed by atoms with E-state index in [4.69, 9.17) is 22.7 Å². The van der Waals surface area contributed by atoms with Crippen LogP contribution in [0.2, 0.25) is 5.15 Å². The first-order chi connectivity index (χ1) is 13.3. The Kier molecular flexibility index (Phi) is 5.75. The van der Waals surface area contributed by atoms with Crippen molar-refractivity contribution >= 4 is 23.3 Å². The minimum absolute atomic E-state index is 0.00781. The fourth-order valence-electron chi connectivity index (χ4n) is 2.75. The van der Waals surface area contributed by atoms with Gasteiger partial charge in [0.05, 0.1) is 17.8 Å². The highest BCUT2D eigenvalue weighted by Gasteiger charge is 2.20. The highest BCUT2D eigenvalue weighted by atomic mass is 35.5. The summed E-state index contributed by atoms with van der Waals surface area (Å²) in [5.41, 5.74) is 8.56. The summed E-state index contributed by atoms with van der Waals surface area (Å²) in [6.45, 7) is 2.35. The van der Waals surface area contributed by atoms with Crippen molar-refractivity contribution in [2.75, 3.05) is 0 Å². The third-order valence-corrected chi connectivity index (χ3v) is 4.64. The van der Waals surface area contributed by atoms with Crippen LogP contribution in [0.4, 0.5) is 4.39 Å². The van der Waals surface area contributed by atoms with Crippen LogP contribution in [0.5, 0.6) is 0 Å². The average Bonchev–Trinajstić information content (AvgIpc) is 2.95. The number of hydrogen-bond acceptors (Lipinski definition) is 3. The van der Waals surface area contributed by atoms with Crippen molar-refractivity contribution in [3.05, 3.63) is 87.4 Å². The second-order valence-electron chi connectivity index (χ2n) is 6.33. The first kappa shape index (κ1) is 19.6. The van der Waals surface area contributed by atoms with Crippen molar-refractivity contribution in [3.8, 4) is 0 Å². The van der Waals surface area contributed by atoms with E-state index in [1.165, 1.54) is 16.8 Å². The van der Waals surface area contributed by atoms with Gasteiger partial charge in [-0.05, 0) is 30.2 Å². The van der Waals surface area contributed by atoms with Crippen LogP contribution in [0.3, 0.4) is 0 Å². The maximum absolute atomic E-state index is 13.0. The van der Waals surface area contributed by atoms with E-state index in [1.54, 1.807) is 43.3 Å². The second-order valence-corrected chi connectivity index (χ2v) is 6.69. The van der Waals surface area contributed by atoms with Crippen LogP contribution in [0, 0.1) is 18.2 Å². The van der Waals surface area contributed by atoms with E-state index in [0.29, 0.717) is 29.9 Å². The highest BCUT2D eigenvalue weighted by molar-refractivity contribution is 6.33. The van der Waals surface area contributed by atoms with Crippen LogP contribution in [0.15, 0.2) is 48.5 Å². The van der Waals surface area contributed by atoms with E-state index in [9.17, 15) is 9.18 Å². The molecular weight excluding hydrogens is 381 g/mol. The van der Waals surface area contributed by atoms with Crippen molar-refractivity contribution in [1.29, 1.82) is 5.41 Å². The van der Waals surface area contributed by atoms with Crippen LogP contribution in [0.1, 0.15) is 32.7 Å². The summed E-state index contributed by atoms with van der Waals surface area (Å²) >= 11 is 6.37. The molecule has 0 unspecified atom stereocenters. The van der Waals surface area contributed by atoms with Crippen molar-refractivity contribution in [2.45, 2.75) is 20.0 Å². The average molecular weight is 400 g/mol. The predicted molar refractivity (Wildman–Crippen MR) is 106 cm³/mol. The Hall–Kier alpha value is -3.19. The predicted octanol–water partition coefficient (Wildman–Crippen LogP) is 3.25. The van der Waals surface area contributed by atoms with Gasteiger partial charge in [0, 0.05) is 12.1 Å². The van der Waals surface area contributed by atoms with Gasteiger partial charge in [0.2, 0.25) is 0 Å². The van der Waals surface area contributed by atoms with E-state index >= 15 is 0 Å². The monoisotopic (exact) mass is 399 g/mol. The molecule has 1 aromatic heterocycles. The summed E-state index contributed by atoms with van der Waals surface area (Å²) in [6, 6.07) is 13.1. The molecule has 0 saturated carbocycles. The van der Waals surface area contributed by atoms with Gasteiger partial charge in [0.25, 0.3) is 5.91 Å². The number of aryl methyl sites for hydroxylation is 1. The SMILES string of the molecule is Cc1nn(Cc2ccc(F)cc2)c(Cl)c1C(=O)NCc1ccc(C(=N)N)cc1. The molecular formula is C20H19ClFN5O. The molecule has 28 heavy (non-hydrogen) atoms. The number of hydrogen-bond donors (Lipinski definition) is 3. The number of amides is 1. The molecule has 1 amide bonds. The first-order valence-electron chi connectivity index (χ1n) is 8.54. The lowest BCUT2D eigenvalue weighted by Crippen LogP contribution is -2.23. The maximum Gasteiger partial charge on any atom is 0.256 e. The molecule has 144 valence electrons. The lowest BCUT2D eigenvalue weighted by atomic mass is 10.1. The zero-order valence-electron chi connectivity index (χ0n) is 15.2. The van der Waals surface area contributed by atoms with Gasteiger partial charge >= 0.3 is 0 Å². The highest BCUT2D eigenvalue weighted by Crippen LogP contribution is 2.21. The Labute approximate surface area is 166 Å². The van der Waals surface area contributed by atoms with Crippen LogP contribution < -0.4 is 11.1 Å². The molecule has 0 aliphatic heterocycles. The largest absolute Gasteiger partial charge is 0.384 e. The fraction of sp³-hybridized carbons (Fsp3) is 0.150. The third-order valence-electron chi connectivity index (χ3n) is 4.26. The number of rotatable bonds is 6. The molecule has 0 bridgehead atoms. The smallest absolute Gasteiger partial charge is 0.256 e. The van der Waals surface area contributed by atoms with Gasteiger partial charge < -0.3 is 11.1 Å². The normalized spacial score (nSPS) is 10.7. The number of nitrogen functional groups attached to an aromatic ring is 1. The number of nitrogens with two attached hydrogens (primary N) is 1. The Morgan fingerprint density at radius 2 is 1.79 bits per heavy atom. The summed E-state index contributed by atoms with van der Waals surface area (Å²) in [4.78, 5) is 12.6. The van der Waals surface area contributed by atoms with Crippen molar-refractivity contribution < 1.29 is 9.18 Å². The maximum atomic E-state index is 13.0. The van der Waals surface area contributed by atoms with Crippen LogP contribution >= 0.6 is 11.6 Å². The Morgan fingerprint density at radius 3 is 2.39 bits per heavy atom. The fourth-order valence-corrected chi connectivity index (χ4v) is 3.07. The quantitative estimate of drug-likeness (QED) is 0.438. The molecule has 3 aromatic rings. The van der Waals surface area contributed by atoms with Crippen LogP contribution in [0.25, 0.3) is 0 Å².